The molecule has 0 aliphatic rings. The molecule has 0 aromatic heterocycles. The Bertz CT molecular complexity index is 137. The molecular formula is C8H19N2O2+. The normalized spacial score (nSPS) is 14.0. The smallest absolute Gasteiger partial charge is 0.207 e. The Morgan fingerprint density at radius 3 is 2.58 bits per heavy atom. The van der Waals surface area contributed by atoms with Gasteiger partial charge in [0.25, 0.3) is 0 Å². The van der Waals surface area contributed by atoms with Gasteiger partial charge in [-0.05, 0) is 6.92 Å². The zero-order chi connectivity index (χ0) is 9.61. The van der Waals surface area contributed by atoms with Gasteiger partial charge in [0.1, 0.15) is 12.6 Å². The molecule has 0 heterocycles. The van der Waals surface area contributed by atoms with E-state index in [4.69, 9.17) is 5.11 Å². The van der Waals surface area contributed by atoms with Crippen LogP contribution in [0.25, 0.3) is 0 Å². The number of quaternary nitrogens is 1. The van der Waals surface area contributed by atoms with Gasteiger partial charge in [-0.15, -0.1) is 0 Å². The molecule has 0 fully saturated rings. The molecule has 0 aliphatic carbocycles. The Morgan fingerprint density at radius 2 is 2.17 bits per heavy atom. The summed E-state index contributed by atoms with van der Waals surface area (Å²) < 4.78 is 0.720. The zero-order valence-corrected chi connectivity index (χ0v) is 8.08. The first kappa shape index (κ1) is 11.4. The van der Waals surface area contributed by atoms with Crippen LogP contribution in [0.4, 0.5) is 0 Å². The summed E-state index contributed by atoms with van der Waals surface area (Å²) in [7, 11) is 4.07. The van der Waals surface area contributed by atoms with Gasteiger partial charge in [0, 0.05) is 0 Å². The quantitative estimate of drug-likeness (QED) is 0.410. The molecule has 0 aliphatic heterocycles. The second-order valence-corrected chi connectivity index (χ2v) is 3.60. The topological polar surface area (TPSA) is 49.3 Å². The minimum atomic E-state index is 0.179. The lowest BCUT2D eigenvalue weighted by Crippen LogP contribution is -2.52. The van der Waals surface area contributed by atoms with Crippen LogP contribution in [0.15, 0.2) is 0 Å². The van der Waals surface area contributed by atoms with Crippen molar-refractivity contribution in [2.45, 2.75) is 13.0 Å². The van der Waals surface area contributed by atoms with Crippen LogP contribution in [0.3, 0.4) is 0 Å². The van der Waals surface area contributed by atoms with E-state index in [0.29, 0.717) is 25.5 Å². The van der Waals surface area contributed by atoms with Gasteiger partial charge in [0.2, 0.25) is 6.41 Å². The molecule has 0 rings (SSSR count). The summed E-state index contributed by atoms with van der Waals surface area (Å²) in [6.45, 7) is 3.59. The van der Waals surface area contributed by atoms with Gasteiger partial charge in [-0.3, -0.25) is 4.79 Å². The fourth-order valence-electron chi connectivity index (χ4n) is 0.944. The van der Waals surface area contributed by atoms with E-state index in [1.54, 1.807) is 0 Å². The lowest BCUT2D eigenvalue weighted by atomic mass is 10.2. The highest BCUT2D eigenvalue weighted by molar-refractivity contribution is 5.45. The summed E-state index contributed by atoms with van der Waals surface area (Å²) in [6.07, 6.45) is 0.704. The number of likely N-dealkylation sites (N-methyl/N-ethyl adjacent to an activating group) is 1. The monoisotopic (exact) mass is 175 g/mol. The number of carbonyl (C=O) groups is 1. The third-order valence-electron chi connectivity index (χ3n) is 2.37. The van der Waals surface area contributed by atoms with Crippen molar-refractivity contribution >= 4 is 6.41 Å². The molecule has 0 saturated carbocycles. The van der Waals surface area contributed by atoms with Crippen LogP contribution in [-0.4, -0.2) is 55.8 Å². The molecule has 1 unspecified atom stereocenters. The first-order valence-corrected chi connectivity index (χ1v) is 4.15. The van der Waals surface area contributed by atoms with Crippen molar-refractivity contribution in [1.82, 2.24) is 5.32 Å². The van der Waals surface area contributed by atoms with Gasteiger partial charge in [-0.1, -0.05) is 0 Å². The van der Waals surface area contributed by atoms with Crippen molar-refractivity contribution in [2.75, 3.05) is 33.8 Å². The SMILES string of the molecule is CC(CNC=O)[N+](C)(C)CCO. The number of aliphatic hydroxyl groups is 1. The highest BCUT2D eigenvalue weighted by atomic mass is 16.3. The Kier molecular flexibility index (Phi) is 4.85. The summed E-state index contributed by atoms with van der Waals surface area (Å²) >= 11 is 0. The van der Waals surface area contributed by atoms with Crippen LogP contribution >= 0.6 is 0 Å². The third kappa shape index (κ3) is 3.69. The van der Waals surface area contributed by atoms with E-state index in [1.807, 2.05) is 21.0 Å². The van der Waals surface area contributed by atoms with Crippen LogP contribution in [0.2, 0.25) is 0 Å². The van der Waals surface area contributed by atoms with E-state index in [1.165, 1.54) is 0 Å². The van der Waals surface area contributed by atoms with E-state index in [-0.39, 0.29) is 6.61 Å². The Balaban J connectivity index is 3.86. The van der Waals surface area contributed by atoms with E-state index in [2.05, 4.69) is 5.32 Å². The number of hydrogen-bond acceptors (Lipinski definition) is 2. The summed E-state index contributed by atoms with van der Waals surface area (Å²) in [6, 6.07) is 0.322. The lowest BCUT2D eigenvalue weighted by molar-refractivity contribution is -0.912. The molecule has 0 saturated heterocycles. The standard InChI is InChI=1S/C8H18N2O2/c1-8(6-9-7-12)10(2,3)4-5-11/h7-8,11H,4-6H2,1-3H3/p+1. The number of hydrogen-bond donors (Lipinski definition) is 2. The third-order valence-corrected chi connectivity index (χ3v) is 2.37. The van der Waals surface area contributed by atoms with E-state index in [0.717, 1.165) is 4.48 Å². The van der Waals surface area contributed by atoms with Crippen LogP contribution < -0.4 is 5.32 Å². The van der Waals surface area contributed by atoms with E-state index < -0.39 is 0 Å². The second kappa shape index (κ2) is 5.11. The number of nitrogens with zero attached hydrogens (tertiary/aromatic N) is 1. The largest absolute Gasteiger partial charge is 0.391 e. The molecule has 12 heavy (non-hydrogen) atoms. The first-order valence-electron chi connectivity index (χ1n) is 4.15. The Morgan fingerprint density at radius 1 is 1.58 bits per heavy atom. The molecule has 0 radical (unpaired) electrons. The highest BCUT2D eigenvalue weighted by Gasteiger charge is 2.22. The van der Waals surface area contributed by atoms with Crippen LogP contribution in [0, 0.1) is 0 Å². The maximum absolute atomic E-state index is 10.0. The molecular weight excluding hydrogens is 156 g/mol. The maximum Gasteiger partial charge on any atom is 0.207 e. The second-order valence-electron chi connectivity index (χ2n) is 3.60. The zero-order valence-electron chi connectivity index (χ0n) is 8.08. The van der Waals surface area contributed by atoms with E-state index in [9.17, 15) is 4.79 Å². The molecule has 1 amide bonds. The first-order chi connectivity index (χ1) is 5.54. The van der Waals surface area contributed by atoms with Crippen molar-refractivity contribution in [3.8, 4) is 0 Å². The van der Waals surface area contributed by atoms with Gasteiger partial charge >= 0.3 is 0 Å². The van der Waals surface area contributed by atoms with Gasteiger partial charge in [0.15, 0.2) is 0 Å². The number of carbonyl (C=O) groups excluding carboxylic acids is 1. The fraction of sp³-hybridized carbons (Fsp3) is 0.875. The average molecular weight is 175 g/mol. The minimum absolute atomic E-state index is 0.179. The van der Waals surface area contributed by atoms with Crippen LogP contribution in [0.5, 0.6) is 0 Å². The summed E-state index contributed by atoms with van der Waals surface area (Å²) in [4.78, 5) is 10.0. The Hall–Kier alpha value is -0.610. The summed E-state index contributed by atoms with van der Waals surface area (Å²) in [5.74, 6) is 0. The molecule has 0 bridgehead atoms. The molecule has 1 atom stereocenters. The van der Waals surface area contributed by atoms with Crippen molar-refractivity contribution in [3.05, 3.63) is 0 Å². The van der Waals surface area contributed by atoms with Gasteiger partial charge in [0.05, 0.1) is 27.2 Å². The average Bonchev–Trinajstić information content (AvgIpc) is 2.00. The molecule has 4 nitrogen and oxygen atoms in total. The van der Waals surface area contributed by atoms with Crippen LogP contribution in [0.1, 0.15) is 6.92 Å². The van der Waals surface area contributed by atoms with Gasteiger partial charge < -0.3 is 14.9 Å². The number of rotatable bonds is 6. The van der Waals surface area contributed by atoms with Crippen molar-refractivity contribution in [3.63, 3.8) is 0 Å². The molecule has 4 heteroatoms. The predicted molar refractivity (Wildman–Crippen MR) is 47.6 cm³/mol. The van der Waals surface area contributed by atoms with Gasteiger partial charge in [-0.2, -0.15) is 0 Å². The molecule has 0 aromatic carbocycles. The minimum Gasteiger partial charge on any atom is -0.391 e. The molecule has 0 spiro atoms. The molecule has 72 valence electrons. The van der Waals surface area contributed by atoms with Gasteiger partial charge in [-0.25, -0.2) is 0 Å². The van der Waals surface area contributed by atoms with Crippen molar-refractivity contribution in [1.29, 1.82) is 0 Å². The Labute approximate surface area is 73.8 Å². The molecule has 2 N–H and O–H groups in total. The number of amides is 1. The molecule has 0 aromatic rings. The van der Waals surface area contributed by atoms with Crippen molar-refractivity contribution < 1.29 is 14.4 Å². The summed E-state index contributed by atoms with van der Waals surface area (Å²) in [5, 5.41) is 11.4. The van der Waals surface area contributed by atoms with E-state index >= 15 is 0 Å². The maximum atomic E-state index is 10.0. The highest BCUT2D eigenvalue weighted by Crippen LogP contribution is 2.03. The predicted octanol–water partition coefficient (Wildman–Crippen LogP) is -0.810. The number of nitrogens with one attached hydrogen (secondary N) is 1. The van der Waals surface area contributed by atoms with Crippen molar-refractivity contribution in [2.24, 2.45) is 0 Å². The lowest BCUT2D eigenvalue weighted by Gasteiger charge is -2.35. The number of aliphatic hydroxyl groups excluding tert-OH is 1. The fourth-order valence-corrected chi connectivity index (χ4v) is 0.944. The summed E-state index contributed by atoms with van der Waals surface area (Å²) in [5.41, 5.74) is 0. The van der Waals surface area contributed by atoms with Crippen LogP contribution in [-0.2, 0) is 4.79 Å².